The molecule has 7 heteroatoms. The van der Waals surface area contributed by atoms with E-state index in [2.05, 4.69) is 10.6 Å². The Morgan fingerprint density at radius 3 is 2.75 bits per heavy atom. The monoisotopic (exact) mass is 401 g/mol. The zero-order chi connectivity index (χ0) is 19.9. The fourth-order valence-electron chi connectivity index (χ4n) is 3.22. The van der Waals surface area contributed by atoms with E-state index in [1.807, 2.05) is 30.3 Å². The Bertz CT molecular complexity index is 829. The first-order chi connectivity index (χ1) is 13.6. The first kappa shape index (κ1) is 20.0. The van der Waals surface area contributed by atoms with E-state index in [9.17, 15) is 9.59 Å². The summed E-state index contributed by atoms with van der Waals surface area (Å²) in [6, 6.07) is 15.0. The van der Waals surface area contributed by atoms with Gasteiger partial charge in [-0.1, -0.05) is 29.8 Å². The van der Waals surface area contributed by atoms with Crippen LogP contribution in [0.5, 0.6) is 5.75 Å². The zero-order valence-electron chi connectivity index (χ0n) is 15.8. The number of nitrogens with zero attached hydrogens (tertiary/aromatic N) is 1. The Balaban J connectivity index is 1.48. The summed E-state index contributed by atoms with van der Waals surface area (Å²) in [7, 11) is 1.54. The van der Waals surface area contributed by atoms with Crippen LogP contribution in [0.3, 0.4) is 0 Å². The number of benzene rings is 2. The molecule has 1 fully saturated rings. The number of hydrogen-bond acceptors (Lipinski definition) is 4. The summed E-state index contributed by atoms with van der Waals surface area (Å²) in [5, 5.41) is 6.75. The van der Waals surface area contributed by atoms with Crippen molar-refractivity contribution in [3.05, 3.63) is 53.6 Å². The normalized spacial score (nSPS) is 16.1. The summed E-state index contributed by atoms with van der Waals surface area (Å²) in [6.45, 7) is 1.65. The van der Waals surface area contributed by atoms with Crippen molar-refractivity contribution in [2.24, 2.45) is 5.92 Å². The molecule has 0 bridgehead atoms. The molecule has 0 aliphatic carbocycles. The summed E-state index contributed by atoms with van der Waals surface area (Å²) in [5.74, 6) is -0.0212. The van der Waals surface area contributed by atoms with E-state index in [0.29, 0.717) is 29.5 Å². The minimum atomic E-state index is -0.377. The second-order valence-corrected chi connectivity index (χ2v) is 7.10. The molecule has 1 atom stereocenters. The quantitative estimate of drug-likeness (QED) is 0.666. The highest BCUT2D eigenvalue weighted by atomic mass is 35.5. The molecule has 2 aromatic carbocycles. The van der Waals surface area contributed by atoms with Crippen molar-refractivity contribution in [3.63, 3.8) is 0 Å². The molecule has 148 valence electrons. The zero-order valence-corrected chi connectivity index (χ0v) is 16.5. The molecule has 1 aliphatic rings. The first-order valence-electron chi connectivity index (χ1n) is 9.29. The van der Waals surface area contributed by atoms with Crippen molar-refractivity contribution < 1.29 is 14.3 Å². The average molecular weight is 402 g/mol. The third-order valence-electron chi connectivity index (χ3n) is 4.68. The van der Waals surface area contributed by atoms with Crippen LogP contribution in [0.15, 0.2) is 48.5 Å². The third-order valence-corrected chi connectivity index (χ3v) is 4.92. The van der Waals surface area contributed by atoms with Crippen LogP contribution in [0.1, 0.15) is 12.8 Å². The van der Waals surface area contributed by atoms with Crippen molar-refractivity contribution in [3.8, 4) is 5.75 Å². The van der Waals surface area contributed by atoms with E-state index in [4.69, 9.17) is 16.3 Å². The van der Waals surface area contributed by atoms with Crippen LogP contribution in [-0.4, -0.2) is 38.6 Å². The maximum atomic E-state index is 12.5. The highest BCUT2D eigenvalue weighted by Crippen LogP contribution is 2.35. The van der Waals surface area contributed by atoms with Gasteiger partial charge in [-0.05, 0) is 36.8 Å². The number of para-hydroxylation sites is 1. The Kier molecular flexibility index (Phi) is 6.76. The van der Waals surface area contributed by atoms with E-state index >= 15 is 0 Å². The molecule has 28 heavy (non-hydrogen) atoms. The summed E-state index contributed by atoms with van der Waals surface area (Å²) >= 11 is 6.06. The predicted molar refractivity (Wildman–Crippen MR) is 111 cm³/mol. The lowest BCUT2D eigenvalue weighted by molar-refractivity contribution is -0.126. The van der Waals surface area contributed by atoms with Gasteiger partial charge in [0.25, 0.3) is 0 Å². The molecule has 0 saturated carbocycles. The van der Waals surface area contributed by atoms with Gasteiger partial charge in [0, 0.05) is 36.8 Å². The Morgan fingerprint density at radius 1 is 1.21 bits per heavy atom. The van der Waals surface area contributed by atoms with Crippen molar-refractivity contribution in [2.75, 3.05) is 37.0 Å². The van der Waals surface area contributed by atoms with Gasteiger partial charge in [0.15, 0.2) is 0 Å². The Labute approximate surface area is 169 Å². The van der Waals surface area contributed by atoms with E-state index in [0.717, 1.165) is 18.7 Å². The molecule has 0 aromatic heterocycles. The van der Waals surface area contributed by atoms with Crippen molar-refractivity contribution in [2.45, 2.75) is 12.8 Å². The molecule has 6 nitrogen and oxygen atoms in total. The lowest BCUT2D eigenvalue weighted by Crippen LogP contribution is -2.34. The van der Waals surface area contributed by atoms with Gasteiger partial charge in [0.2, 0.25) is 11.8 Å². The van der Waals surface area contributed by atoms with E-state index < -0.39 is 0 Å². The number of halogens is 1. The standard InChI is InChI=1S/C21H24ClN3O3/c1-28-19-9-8-16(22)13-18(19)25-14-15(12-20(25)26)21(27)24-11-5-10-23-17-6-3-2-4-7-17/h2-4,6-9,13,15,23H,5,10-12,14H2,1H3,(H,24,27). The maximum Gasteiger partial charge on any atom is 0.227 e. The number of amides is 2. The molecule has 0 spiro atoms. The van der Waals surface area contributed by atoms with Crippen LogP contribution >= 0.6 is 11.6 Å². The van der Waals surface area contributed by atoms with Gasteiger partial charge >= 0.3 is 0 Å². The Hall–Kier alpha value is -2.73. The van der Waals surface area contributed by atoms with E-state index in [1.165, 1.54) is 0 Å². The number of methoxy groups -OCH3 is 1. The summed E-state index contributed by atoms with van der Waals surface area (Å²) in [5.41, 5.74) is 1.66. The molecule has 2 amide bonds. The molecular formula is C21H24ClN3O3. The van der Waals surface area contributed by atoms with Gasteiger partial charge in [0.1, 0.15) is 5.75 Å². The third kappa shape index (κ3) is 4.95. The summed E-state index contributed by atoms with van der Waals surface area (Å²) in [6.07, 6.45) is 0.983. The van der Waals surface area contributed by atoms with Gasteiger partial charge in [-0.15, -0.1) is 0 Å². The second-order valence-electron chi connectivity index (χ2n) is 6.66. The van der Waals surface area contributed by atoms with Gasteiger partial charge < -0.3 is 20.3 Å². The smallest absolute Gasteiger partial charge is 0.227 e. The number of anilines is 2. The highest BCUT2D eigenvalue weighted by Gasteiger charge is 2.36. The molecule has 3 rings (SSSR count). The SMILES string of the molecule is COc1ccc(Cl)cc1N1CC(C(=O)NCCCNc2ccccc2)CC1=O. The van der Waals surface area contributed by atoms with Gasteiger partial charge in [-0.2, -0.15) is 0 Å². The van der Waals surface area contributed by atoms with Crippen molar-refractivity contribution >= 4 is 34.8 Å². The number of hydrogen-bond donors (Lipinski definition) is 2. The van der Waals surface area contributed by atoms with Crippen molar-refractivity contribution in [1.82, 2.24) is 5.32 Å². The number of ether oxygens (including phenoxy) is 1. The highest BCUT2D eigenvalue weighted by molar-refractivity contribution is 6.31. The number of nitrogens with one attached hydrogen (secondary N) is 2. The number of carbonyl (C=O) groups excluding carboxylic acids is 2. The fraction of sp³-hybridized carbons (Fsp3) is 0.333. The van der Waals surface area contributed by atoms with Crippen LogP contribution in [0.25, 0.3) is 0 Å². The summed E-state index contributed by atoms with van der Waals surface area (Å²) < 4.78 is 5.33. The molecular weight excluding hydrogens is 378 g/mol. The number of carbonyl (C=O) groups is 2. The topological polar surface area (TPSA) is 70.7 Å². The van der Waals surface area contributed by atoms with Gasteiger partial charge in [0.05, 0.1) is 18.7 Å². The van der Waals surface area contributed by atoms with Gasteiger partial charge in [-0.25, -0.2) is 0 Å². The Morgan fingerprint density at radius 2 is 2.00 bits per heavy atom. The minimum absolute atomic E-state index is 0.100. The minimum Gasteiger partial charge on any atom is -0.495 e. The maximum absolute atomic E-state index is 12.5. The predicted octanol–water partition coefficient (Wildman–Crippen LogP) is 3.32. The van der Waals surface area contributed by atoms with E-state index in [1.54, 1.807) is 30.2 Å². The average Bonchev–Trinajstić information content (AvgIpc) is 3.10. The van der Waals surface area contributed by atoms with Gasteiger partial charge in [-0.3, -0.25) is 9.59 Å². The van der Waals surface area contributed by atoms with Crippen LogP contribution in [-0.2, 0) is 9.59 Å². The lowest BCUT2D eigenvalue weighted by Gasteiger charge is -2.20. The first-order valence-corrected chi connectivity index (χ1v) is 9.67. The molecule has 1 heterocycles. The lowest BCUT2D eigenvalue weighted by atomic mass is 10.1. The van der Waals surface area contributed by atoms with Crippen LogP contribution in [0.4, 0.5) is 11.4 Å². The summed E-state index contributed by atoms with van der Waals surface area (Å²) in [4.78, 5) is 26.5. The molecule has 0 radical (unpaired) electrons. The molecule has 1 aliphatic heterocycles. The molecule has 2 N–H and O–H groups in total. The van der Waals surface area contributed by atoms with E-state index in [-0.39, 0.29) is 24.2 Å². The largest absolute Gasteiger partial charge is 0.495 e. The van der Waals surface area contributed by atoms with Crippen molar-refractivity contribution in [1.29, 1.82) is 0 Å². The second kappa shape index (κ2) is 9.46. The van der Waals surface area contributed by atoms with Crippen LogP contribution < -0.4 is 20.3 Å². The molecule has 2 aromatic rings. The van der Waals surface area contributed by atoms with Crippen LogP contribution in [0.2, 0.25) is 5.02 Å². The molecule has 1 saturated heterocycles. The van der Waals surface area contributed by atoms with Crippen LogP contribution in [0, 0.1) is 5.92 Å². The number of rotatable bonds is 8. The molecule has 1 unspecified atom stereocenters. The fourth-order valence-corrected chi connectivity index (χ4v) is 3.39.